The van der Waals surface area contributed by atoms with Crippen LogP contribution in [-0.2, 0) is 22.5 Å². The summed E-state index contributed by atoms with van der Waals surface area (Å²) in [5.74, 6) is 3.32. The first-order valence-corrected chi connectivity index (χ1v) is 14.8. The number of hydrogen-bond acceptors (Lipinski definition) is 7. The maximum absolute atomic E-state index is 12.9. The first-order chi connectivity index (χ1) is 17.3. The number of hydrogen-bond donors (Lipinski definition) is 1. The van der Waals surface area contributed by atoms with Crippen molar-refractivity contribution in [3.05, 3.63) is 34.5 Å². The Kier molecular flexibility index (Phi) is 7.32. The molecule has 0 spiro atoms. The number of nitrogens with zero attached hydrogens (tertiary/aromatic N) is 3. The maximum Gasteiger partial charge on any atom is 0.341 e. The molecule has 2 heterocycles. The average Bonchev–Trinajstić information content (AvgIpc) is 3.30. The van der Waals surface area contributed by atoms with Crippen LogP contribution in [0.5, 0.6) is 0 Å². The molecule has 1 N–H and O–H groups in total. The monoisotopic (exact) mass is 528 g/mol. The van der Waals surface area contributed by atoms with Gasteiger partial charge >= 0.3 is 5.97 Å². The SMILES string of the molecule is C=CCn1c(CC23CC4CC(CC(C4)C2)C3)nnc1SCC(=O)Nc1sc(C)c(C)c1C(=O)OCC. The summed E-state index contributed by atoms with van der Waals surface area (Å²) in [5, 5.41) is 13.3. The summed E-state index contributed by atoms with van der Waals surface area (Å²) in [6.45, 7) is 10.5. The highest BCUT2D eigenvalue weighted by Gasteiger charge is 2.51. The van der Waals surface area contributed by atoms with E-state index in [9.17, 15) is 9.59 Å². The van der Waals surface area contributed by atoms with Crippen LogP contribution in [0.2, 0.25) is 0 Å². The van der Waals surface area contributed by atoms with Crippen molar-refractivity contribution in [1.29, 1.82) is 0 Å². The fourth-order valence-corrected chi connectivity index (χ4v) is 9.00. The molecule has 0 unspecified atom stereocenters. The zero-order valence-electron chi connectivity index (χ0n) is 21.5. The number of esters is 1. The summed E-state index contributed by atoms with van der Waals surface area (Å²) in [5.41, 5.74) is 1.67. The highest BCUT2D eigenvalue weighted by molar-refractivity contribution is 7.99. The number of amides is 1. The smallest absolute Gasteiger partial charge is 0.341 e. The summed E-state index contributed by atoms with van der Waals surface area (Å²) < 4.78 is 7.33. The van der Waals surface area contributed by atoms with Crippen LogP contribution >= 0.6 is 23.1 Å². The number of rotatable bonds is 10. The standard InChI is InChI=1S/C27H36N4O3S2/c1-5-7-31-21(14-27-11-18-8-19(12-27)10-20(9-18)13-27)29-30-26(31)35-15-22(32)28-24-23(25(33)34-6-2)16(3)17(4)36-24/h5,18-20H,1,6-15H2,2-4H3,(H,28,32). The minimum Gasteiger partial charge on any atom is -0.462 e. The fraction of sp³-hybridized carbons (Fsp3) is 0.630. The first-order valence-electron chi connectivity index (χ1n) is 13.0. The van der Waals surface area contributed by atoms with Gasteiger partial charge in [0.1, 0.15) is 10.8 Å². The molecule has 0 saturated heterocycles. The Morgan fingerprint density at radius 1 is 1.19 bits per heavy atom. The van der Waals surface area contributed by atoms with E-state index in [0.29, 0.717) is 29.1 Å². The Morgan fingerprint density at radius 2 is 1.86 bits per heavy atom. The van der Waals surface area contributed by atoms with Gasteiger partial charge in [0, 0.05) is 17.8 Å². The van der Waals surface area contributed by atoms with Crippen LogP contribution < -0.4 is 5.32 Å². The second-order valence-corrected chi connectivity index (χ2v) is 13.1. The molecule has 4 saturated carbocycles. The lowest BCUT2D eigenvalue weighted by atomic mass is 9.49. The second kappa shape index (κ2) is 10.3. The number of aryl methyl sites for hydroxylation is 1. The van der Waals surface area contributed by atoms with Crippen LogP contribution in [0, 0.1) is 37.0 Å². The van der Waals surface area contributed by atoms with E-state index < -0.39 is 5.97 Å². The lowest BCUT2D eigenvalue weighted by Crippen LogP contribution is -2.47. The molecule has 9 heteroatoms. The minimum absolute atomic E-state index is 0.178. The summed E-state index contributed by atoms with van der Waals surface area (Å²) in [6.07, 6.45) is 11.1. The van der Waals surface area contributed by atoms with Gasteiger partial charge in [0.2, 0.25) is 5.91 Å². The molecular formula is C27H36N4O3S2. The Balaban J connectivity index is 1.26. The van der Waals surface area contributed by atoms with E-state index in [1.165, 1.54) is 61.6 Å². The number of carbonyl (C=O) groups excluding carboxylic acids is 2. The number of ether oxygens (including phenoxy) is 1. The lowest BCUT2D eigenvalue weighted by Gasteiger charge is -2.56. The van der Waals surface area contributed by atoms with Gasteiger partial charge < -0.3 is 14.6 Å². The summed E-state index contributed by atoms with van der Waals surface area (Å²) in [7, 11) is 0. The van der Waals surface area contributed by atoms with Crippen LogP contribution in [0.4, 0.5) is 5.00 Å². The number of anilines is 1. The third-order valence-electron chi connectivity index (χ3n) is 8.25. The molecule has 2 aromatic rings. The van der Waals surface area contributed by atoms with Crippen LogP contribution in [-0.4, -0.2) is 39.0 Å². The summed E-state index contributed by atoms with van der Waals surface area (Å²) in [4.78, 5) is 26.3. The van der Waals surface area contributed by atoms with Gasteiger partial charge in [0.15, 0.2) is 5.16 Å². The van der Waals surface area contributed by atoms with Gasteiger partial charge in [-0.25, -0.2) is 4.79 Å². The molecule has 0 radical (unpaired) electrons. The Labute approximate surface area is 221 Å². The third kappa shape index (κ3) is 5.01. The van der Waals surface area contributed by atoms with Crippen molar-refractivity contribution in [2.24, 2.45) is 23.2 Å². The molecule has 0 aromatic carbocycles. The van der Waals surface area contributed by atoms with Crippen LogP contribution in [0.25, 0.3) is 0 Å². The Hall–Kier alpha value is -2.13. The van der Waals surface area contributed by atoms with Gasteiger partial charge in [0.25, 0.3) is 0 Å². The van der Waals surface area contributed by atoms with Crippen LogP contribution in [0.1, 0.15) is 72.1 Å². The molecule has 194 valence electrons. The Morgan fingerprint density at radius 3 is 2.47 bits per heavy atom. The Bertz CT molecular complexity index is 1130. The van der Waals surface area contributed by atoms with Gasteiger partial charge in [0.05, 0.1) is 17.9 Å². The number of allylic oxidation sites excluding steroid dienone is 1. The van der Waals surface area contributed by atoms with Gasteiger partial charge in [-0.3, -0.25) is 4.79 Å². The van der Waals surface area contributed by atoms with Crippen molar-refractivity contribution in [3.63, 3.8) is 0 Å². The van der Waals surface area contributed by atoms with Crippen molar-refractivity contribution in [2.45, 2.75) is 77.4 Å². The van der Waals surface area contributed by atoms with Gasteiger partial charge in [-0.1, -0.05) is 17.8 Å². The lowest BCUT2D eigenvalue weighted by molar-refractivity contribution is -0.113. The van der Waals surface area contributed by atoms with Crippen LogP contribution in [0.3, 0.4) is 0 Å². The fourth-order valence-electron chi connectivity index (χ4n) is 7.17. The molecule has 4 bridgehead atoms. The molecule has 0 aliphatic heterocycles. The highest BCUT2D eigenvalue weighted by Crippen LogP contribution is 2.61. The average molecular weight is 529 g/mol. The molecule has 2 aromatic heterocycles. The van der Waals surface area contributed by atoms with Gasteiger partial charge in [-0.15, -0.1) is 28.1 Å². The second-order valence-electron chi connectivity index (χ2n) is 10.9. The number of thioether (sulfide) groups is 1. The van der Waals surface area contributed by atoms with Crippen LogP contribution in [0.15, 0.2) is 17.8 Å². The molecule has 1 amide bonds. The topological polar surface area (TPSA) is 86.1 Å². The van der Waals surface area contributed by atoms with Crippen molar-refractivity contribution in [2.75, 3.05) is 17.7 Å². The quantitative estimate of drug-likeness (QED) is 0.238. The predicted molar refractivity (Wildman–Crippen MR) is 144 cm³/mol. The molecule has 4 fully saturated rings. The molecular weight excluding hydrogens is 492 g/mol. The molecule has 7 nitrogen and oxygen atoms in total. The largest absolute Gasteiger partial charge is 0.462 e. The minimum atomic E-state index is -0.401. The van der Waals surface area contributed by atoms with E-state index >= 15 is 0 Å². The molecule has 0 atom stereocenters. The summed E-state index contributed by atoms with van der Waals surface area (Å²) in [6, 6.07) is 0. The first kappa shape index (κ1) is 25.5. The van der Waals surface area contributed by atoms with E-state index in [-0.39, 0.29) is 11.7 Å². The normalized spacial score (nSPS) is 26.2. The molecule has 4 aliphatic rings. The van der Waals surface area contributed by atoms with Crippen molar-refractivity contribution in [1.82, 2.24) is 14.8 Å². The van der Waals surface area contributed by atoms with E-state index in [4.69, 9.17) is 4.74 Å². The molecule has 36 heavy (non-hydrogen) atoms. The van der Waals surface area contributed by atoms with E-state index in [0.717, 1.165) is 45.6 Å². The zero-order valence-corrected chi connectivity index (χ0v) is 23.1. The highest BCUT2D eigenvalue weighted by atomic mass is 32.2. The third-order valence-corrected chi connectivity index (χ3v) is 10.3. The van der Waals surface area contributed by atoms with Gasteiger partial charge in [-0.05, 0) is 88.0 Å². The number of thiophene rings is 1. The van der Waals surface area contributed by atoms with E-state index in [2.05, 4.69) is 26.7 Å². The van der Waals surface area contributed by atoms with Gasteiger partial charge in [-0.2, -0.15) is 0 Å². The number of aromatic nitrogens is 3. The van der Waals surface area contributed by atoms with Crippen molar-refractivity contribution < 1.29 is 14.3 Å². The van der Waals surface area contributed by atoms with Crippen molar-refractivity contribution >= 4 is 40.0 Å². The molecule has 4 aliphatic carbocycles. The molecule has 6 rings (SSSR count). The zero-order chi connectivity index (χ0) is 25.4. The van der Waals surface area contributed by atoms with E-state index in [1.807, 2.05) is 19.9 Å². The summed E-state index contributed by atoms with van der Waals surface area (Å²) >= 11 is 2.78. The number of nitrogens with one attached hydrogen (secondary N) is 1. The maximum atomic E-state index is 12.9. The predicted octanol–water partition coefficient (Wildman–Crippen LogP) is 5.81. The van der Waals surface area contributed by atoms with E-state index in [1.54, 1.807) is 6.92 Å². The van der Waals surface area contributed by atoms with Crippen molar-refractivity contribution in [3.8, 4) is 0 Å². The number of carbonyl (C=O) groups is 2.